The molecule has 1 saturated heterocycles. The van der Waals surface area contributed by atoms with Crippen LogP contribution in [-0.4, -0.2) is 39.8 Å². The van der Waals surface area contributed by atoms with Crippen LogP contribution in [0.1, 0.15) is 29.5 Å². The number of hydrogen-bond donors (Lipinski definition) is 1. The van der Waals surface area contributed by atoms with E-state index in [0.717, 1.165) is 47.8 Å². The zero-order valence-electron chi connectivity index (χ0n) is 15.9. The molecular weight excluding hydrogens is 374 g/mol. The highest BCUT2D eigenvalue weighted by molar-refractivity contribution is 8.16. The Balaban J connectivity index is 1.64. The first kappa shape index (κ1) is 20.3. The van der Waals surface area contributed by atoms with Gasteiger partial charge in [0, 0.05) is 25.9 Å². The lowest BCUT2D eigenvalue weighted by Gasteiger charge is -2.38. The van der Waals surface area contributed by atoms with Crippen molar-refractivity contribution in [2.45, 2.75) is 25.0 Å². The molecule has 144 valence electrons. The molecular formula is C22H27NO2S2. The van der Waals surface area contributed by atoms with Gasteiger partial charge in [-0.25, -0.2) is 0 Å². The van der Waals surface area contributed by atoms with Crippen LogP contribution >= 0.6 is 11.8 Å². The van der Waals surface area contributed by atoms with Gasteiger partial charge in [-0.3, -0.25) is 9.11 Å². The van der Waals surface area contributed by atoms with Crippen molar-refractivity contribution in [1.82, 2.24) is 4.90 Å². The molecule has 0 spiro atoms. The highest BCUT2D eigenvalue weighted by Crippen LogP contribution is 2.33. The van der Waals surface area contributed by atoms with Crippen molar-refractivity contribution < 1.29 is 9.32 Å². The van der Waals surface area contributed by atoms with Crippen LogP contribution in [0.5, 0.6) is 0 Å². The fourth-order valence-corrected chi connectivity index (χ4v) is 4.99. The number of piperidine rings is 1. The van der Waals surface area contributed by atoms with Crippen molar-refractivity contribution in [2.75, 3.05) is 25.6 Å². The van der Waals surface area contributed by atoms with Gasteiger partial charge in [0.2, 0.25) is 0 Å². The van der Waals surface area contributed by atoms with Crippen molar-refractivity contribution >= 4 is 28.6 Å². The predicted octanol–water partition coefficient (Wildman–Crippen LogP) is 4.21. The van der Waals surface area contributed by atoms with Gasteiger partial charge in [-0.05, 0) is 41.9 Å². The molecule has 1 aliphatic rings. The maximum atomic E-state index is 11.7. The summed E-state index contributed by atoms with van der Waals surface area (Å²) in [6.45, 7) is 2.71. The Morgan fingerprint density at radius 3 is 2.33 bits per heavy atom. The van der Waals surface area contributed by atoms with Gasteiger partial charge in [-0.2, -0.15) is 0 Å². The molecule has 1 unspecified atom stereocenters. The molecule has 0 aromatic heterocycles. The molecule has 27 heavy (non-hydrogen) atoms. The first-order valence-electron chi connectivity index (χ1n) is 9.18. The fourth-order valence-electron chi connectivity index (χ4n) is 3.50. The van der Waals surface area contributed by atoms with Crippen molar-refractivity contribution in [3.63, 3.8) is 0 Å². The highest BCUT2D eigenvalue weighted by Gasteiger charge is 2.33. The molecule has 2 aromatic carbocycles. The fraction of sp³-hybridized carbons (Fsp3) is 0.364. The number of likely N-dealkylation sites (tertiary alicyclic amines) is 1. The molecule has 3 nitrogen and oxygen atoms in total. The van der Waals surface area contributed by atoms with Crippen LogP contribution in [0.3, 0.4) is 0 Å². The summed E-state index contributed by atoms with van der Waals surface area (Å²) < 4.78 is 12.5. The number of benzene rings is 2. The molecule has 0 aliphatic carbocycles. The number of rotatable bonds is 6. The number of hydrogen-bond acceptors (Lipinski definition) is 4. The van der Waals surface area contributed by atoms with E-state index in [4.69, 9.17) is 0 Å². The SMILES string of the molecule is CSC(=Cc1ccc(C2(O)CCN(Cc3ccccc3)CC2)cc1)S(C)=O. The van der Waals surface area contributed by atoms with Crippen LogP contribution in [0, 0.1) is 0 Å². The van der Waals surface area contributed by atoms with Crippen LogP contribution in [-0.2, 0) is 22.9 Å². The van der Waals surface area contributed by atoms with Gasteiger partial charge in [0.15, 0.2) is 0 Å². The topological polar surface area (TPSA) is 40.5 Å². The minimum Gasteiger partial charge on any atom is -0.385 e. The summed E-state index contributed by atoms with van der Waals surface area (Å²) in [5.74, 6) is 0. The standard InChI is InChI=1S/C22H27NO2S2/c1-26-21(27(2)25)16-18-8-10-20(11-9-18)22(24)12-14-23(15-13-22)17-19-6-4-3-5-7-19/h3-11,16,24H,12-15,17H2,1-2H3. The van der Waals surface area contributed by atoms with E-state index in [0.29, 0.717) is 0 Å². The van der Waals surface area contributed by atoms with Gasteiger partial charge in [-0.15, -0.1) is 11.8 Å². The first-order valence-corrected chi connectivity index (χ1v) is 12.0. The number of thioether (sulfide) groups is 1. The zero-order chi connectivity index (χ0) is 19.3. The van der Waals surface area contributed by atoms with E-state index < -0.39 is 16.4 Å². The molecule has 1 heterocycles. The maximum absolute atomic E-state index is 11.7. The van der Waals surface area contributed by atoms with Gasteiger partial charge in [0.1, 0.15) is 0 Å². The summed E-state index contributed by atoms with van der Waals surface area (Å²) >= 11 is 1.51. The van der Waals surface area contributed by atoms with Gasteiger partial charge >= 0.3 is 0 Å². The quantitative estimate of drug-likeness (QED) is 0.787. The molecule has 3 rings (SSSR count). The predicted molar refractivity (Wildman–Crippen MR) is 117 cm³/mol. The van der Waals surface area contributed by atoms with E-state index in [-0.39, 0.29) is 0 Å². The largest absolute Gasteiger partial charge is 0.385 e. The molecule has 0 amide bonds. The van der Waals surface area contributed by atoms with E-state index in [1.165, 1.54) is 17.3 Å². The second-order valence-corrected chi connectivity index (χ2v) is 9.49. The lowest BCUT2D eigenvalue weighted by Crippen LogP contribution is -2.42. The van der Waals surface area contributed by atoms with Gasteiger partial charge < -0.3 is 5.11 Å². The van der Waals surface area contributed by atoms with Crippen LogP contribution in [0.4, 0.5) is 0 Å². The average molecular weight is 402 g/mol. The second kappa shape index (κ2) is 9.20. The lowest BCUT2D eigenvalue weighted by atomic mass is 9.84. The van der Waals surface area contributed by atoms with Crippen molar-refractivity contribution in [1.29, 1.82) is 0 Å². The van der Waals surface area contributed by atoms with Gasteiger partial charge in [-0.1, -0.05) is 54.6 Å². The second-order valence-electron chi connectivity index (χ2n) is 7.04. The Morgan fingerprint density at radius 2 is 1.78 bits per heavy atom. The van der Waals surface area contributed by atoms with Crippen molar-refractivity contribution in [3.8, 4) is 0 Å². The summed E-state index contributed by atoms with van der Waals surface area (Å²) in [7, 11) is -0.974. The summed E-state index contributed by atoms with van der Waals surface area (Å²) in [6.07, 6.45) is 7.07. The van der Waals surface area contributed by atoms with Crippen molar-refractivity contribution in [3.05, 3.63) is 75.5 Å². The summed E-state index contributed by atoms with van der Waals surface area (Å²) in [6, 6.07) is 18.5. The molecule has 0 radical (unpaired) electrons. The minimum atomic E-state index is -0.974. The van der Waals surface area contributed by atoms with E-state index >= 15 is 0 Å². The van der Waals surface area contributed by atoms with Crippen LogP contribution < -0.4 is 0 Å². The summed E-state index contributed by atoms with van der Waals surface area (Å²) in [4.78, 5) is 2.40. The molecule has 1 fully saturated rings. The molecule has 1 aliphatic heterocycles. The molecule has 1 N–H and O–H groups in total. The monoisotopic (exact) mass is 401 g/mol. The van der Waals surface area contributed by atoms with Crippen LogP contribution in [0.2, 0.25) is 0 Å². The Labute approximate surface area is 168 Å². The van der Waals surface area contributed by atoms with E-state index in [1.54, 1.807) is 6.26 Å². The number of nitrogens with zero attached hydrogens (tertiary/aromatic N) is 1. The Morgan fingerprint density at radius 1 is 1.15 bits per heavy atom. The van der Waals surface area contributed by atoms with Crippen LogP contribution in [0.25, 0.3) is 6.08 Å². The van der Waals surface area contributed by atoms with E-state index in [9.17, 15) is 9.32 Å². The third-order valence-corrected chi connectivity index (χ3v) is 7.56. The molecule has 1 atom stereocenters. The van der Waals surface area contributed by atoms with Gasteiger partial charge in [0.05, 0.1) is 20.6 Å². The molecule has 0 bridgehead atoms. The normalized spacial score (nSPS) is 19.0. The minimum absolute atomic E-state index is 0.740. The molecule has 2 aromatic rings. The summed E-state index contributed by atoms with van der Waals surface area (Å²) in [5.41, 5.74) is 2.55. The highest BCUT2D eigenvalue weighted by atomic mass is 32.2. The Kier molecular flexibility index (Phi) is 6.93. The third-order valence-electron chi connectivity index (χ3n) is 5.15. The van der Waals surface area contributed by atoms with Crippen LogP contribution in [0.15, 0.2) is 58.8 Å². The molecule has 5 heteroatoms. The zero-order valence-corrected chi connectivity index (χ0v) is 17.6. The lowest BCUT2D eigenvalue weighted by molar-refractivity contribution is -0.0277. The third kappa shape index (κ3) is 5.32. The molecule has 0 saturated carbocycles. The Bertz CT molecular complexity index is 795. The number of aliphatic hydroxyl groups is 1. The maximum Gasteiger partial charge on any atom is 0.0920 e. The first-order chi connectivity index (χ1) is 13.0. The Hall–Kier alpha value is -1.40. The smallest absolute Gasteiger partial charge is 0.0920 e. The van der Waals surface area contributed by atoms with E-state index in [1.807, 2.05) is 42.7 Å². The van der Waals surface area contributed by atoms with Gasteiger partial charge in [0.25, 0.3) is 0 Å². The average Bonchev–Trinajstić information content (AvgIpc) is 2.69. The van der Waals surface area contributed by atoms with E-state index in [2.05, 4.69) is 29.2 Å². The summed E-state index contributed by atoms with van der Waals surface area (Å²) in [5, 5.41) is 11.1. The van der Waals surface area contributed by atoms with Crippen molar-refractivity contribution in [2.24, 2.45) is 0 Å².